The Labute approximate surface area is 171 Å². The number of hydrogen-bond donors (Lipinski definition) is 1. The first-order valence-corrected chi connectivity index (χ1v) is 10.3. The summed E-state index contributed by atoms with van der Waals surface area (Å²) in [4.78, 5) is 23.4. The molecule has 0 saturated carbocycles. The zero-order chi connectivity index (χ0) is 20.8. The van der Waals surface area contributed by atoms with Gasteiger partial charge in [-0.25, -0.2) is 9.37 Å². The van der Waals surface area contributed by atoms with E-state index in [1.54, 1.807) is 18.2 Å². The van der Waals surface area contributed by atoms with E-state index in [1.165, 1.54) is 18.3 Å². The van der Waals surface area contributed by atoms with E-state index in [1.807, 2.05) is 24.8 Å². The molecule has 2 fully saturated rings. The Morgan fingerprint density at radius 3 is 2.34 bits per heavy atom. The minimum atomic E-state index is -0.259. The van der Waals surface area contributed by atoms with Gasteiger partial charge in [0.2, 0.25) is 5.91 Å². The molecule has 2 aromatic rings. The number of pyridine rings is 1. The van der Waals surface area contributed by atoms with Gasteiger partial charge in [-0.15, -0.1) is 0 Å². The van der Waals surface area contributed by atoms with Gasteiger partial charge in [0.15, 0.2) is 0 Å². The quantitative estimate of drug-likeness (QED) is 0.855. The van der Waals surface area contributed by atoms with Gasteiger partial charge in [0.05, 0.1) is 12.2 Å². The molecule has 156 valence electrons. The maximum atomic E-state index is 13.0. The number of halogens is 1. The molecule has 1 aromatic carbocycles. The number of carbonyl (C=O) groups excluding carboxylic acids is 1. The number of amides is 1. The van der Waals surface area contributed by atoms with Crippen molar-refractivity contribution in [2.75, 3.05) is 37.6 Å². The van der Waals surface area contributed by atoms with Gasteiger partial charge in [0.25, 0.3) is 0 Å². The lowest BCUT2D eigenvalue weighted by Crippen LogP contribution is -2.52. The van der Waals surface area contributed by atoms with E-state index in [0.717, 1.165) is 50.5 Å². The van der Waals surface area contributed by atoms with Crippen molar-refractivity contribution >= 4 is 11.7 Å². The number of likely N-dealkylation sites (tertiary alicyclic amines) is 1. The molecular weight excluding hydrogens is 371 g/mol. The monoisotopic (exact) mass is 400 g/mol. The molecule has 7 heteroatoms. The van der Waals surface area contributed by atoms with Crippen molar-refractivity contribution in [2.45, 2.75) is 32.9 Å². The van der Waals surface area contributed by atoms with E-state index >= 15 is 0 Å². The molecule has 1 unspecified atom stereocenters. The highest BCUT2D eigenvalue weighted by Gasteiger charge is 2.37. The van der Waals surface area contributed by atoms with Gasteiger partial charge in [-0.3, -0.25) is 9.69 Å². The molecule has 1 atom stereocenters. The number of nitrogens with zero attached hydrogens (tertiary/aromatic N) is 4. The van der Waals surface area contributed by atoms with Crippen molar-refractivity contribution in [3.63, 3.8) is 0 Å². The number of carbonyl (C=O) groups is 1. The van der Waals surface area contributed by atoms with Crippen LogP contribution in [-0.4, -0.2) is 64.6 Å². The Bertz CT molecular complexity index is 789. The van der Waals surface area contributed by atoms with E-state index in [-0.39, 0.29) is 23.5 Å². The third kappa shape index (κ3) is 5.03. The molecule has 3 heterocycles. The molecule has 2 aliphatic rings. The number of aromatic hydroxyl groups is 1. The minimum Gasteiger partial charge on any atom is -0.506 e. The molecular formula is C22H29FN4O2. The maximum Gasteiger partial charge on any atom is 0.240 e. The van der Waals surface area contributed by atoms with E-state index in [4.69, 9.17) is 0 Å². The normalized spacial score (nSPS) is 19.8. The molecule has 1 aromatic heterocycles. The summed E-state index contributed by atoms with van der Waals surface area (Å²) in [6.45, 7) is 8.50. The van der Waals surface area contributed by atoms with Crippen molar-refractivity contribution in [2.24, 2.45) is 0 Å². The lowest BCUT2D eigenvalue weighted by Gasteiger charge is -2.37. The third-order valence-electron chi connectivity index (χ3n) is 5.37. The third-order valence-corrected chi connectivity index (χ3v) is 5.37. The van der Waals surface area contributed by atoms with Crippen molar-refractivity contribution in [1.29, 1.82) is 0 Å². The van der Waals surface area contributed by atoms with Crippen LogP contribution in [0.3, 0.4) is 0 Å². The number of anilines is 1. The summed E-state index contributed by atoms with van der Waals surface area (Å²) in [6.07, 6.45) is 2.28. The average Bonchev–Trinajstić information content (AvgIpc) is 3.12. The summed E-state index contributed by atoms with van der Waals surface area (Å²) < 4.78 is 13.0. The van der Waals surface area contributed by atoms with Crippen molar-refractivity contribution < 1.29 is 14.3 Å². The highest BCUT2D eigenvalue weighted by molar-refractivity contribution is 5.84. The average molecular weight is 400 g/mol. The molecule has 6 nitrogen and oxygen atoms in total. The molecule has 2 aliphatic heterocycles. The smallest absolute Gasteiger partial charge is 0.240 e. The predicted octanol–water partition coefficient (Wildman–Crippen LogP) is 2.88. The summed E-state index contributed by atoms with van der Waals surface area (Å²) >= 11 is 0. The van der Waals surface area contributed by atoms with E-state index in [0.29, 0.717) is 6.54 Å². The fraction of sp³-hybridized carbons (Fsp3) is 0.455. The summed E-state index contributed by atoms with van der Waals surface area (Å²) in [6, 6.07) is 9.73. The Balaban J connectivity index is 0.00000117. The Morgan fingerprint density at radius 1 is 1.03 bits per heavy atom. The first kappa shape index (κ1) is 21.0. The van der Waals surface area contributed by atoms with Gasteiger partial charge in [-0.05, 0) is 36.2 Å². The Hall–Kier alpha value is -2.67. The molecule has 1 amide bonds. The van der Waals surface area contributed by atoms with Crippen molar-refractivity contribution in [1.82, 2.24) is 14.8 Å². The van der Waals surface area contributed by atoms with E-state index < -0.39 is 0 Å². The fourth-order valence-corrected chi connectivity index (χ4v) is 3.86. The zero-order valence-electron chi connectivity index (χ0n) is 17.1. The summed E-state index contributed by atoms with van der Waals surface area (Å²) in [7, 11) is 0. The Morgan fingerprint density at radius 2 is 1.72 bits per heavy atom. The first-order chi connectivity index (χ1) is 14.1. The topological polar surface area (TPSA) is 59.9 Å². The molecule has 29 heavy (non-hydrogen) atoms. The number of aromatic nitrogens is 1. The molecule has 0 radical (unpaired) electrons. The van der Waals surface area contributed by atoms with Crippen LogP contribution in [-0.2, 0) is 11.3 Å². The molecule has 2 saturated heterocycles. The van der Waals surface area contributed by atoms with Gasteiger partial charge in [-0.2, -0.15) is 0 Å². The maximum absolute atomic E-state index is 13.0. The number of hydrogen-bond acceptors (Lipinski definition) is 5. The number of benzene rings is 1. The van der Waals surface area contributed by atoms with Gasteiger partial charge in [0.1, 0.15) is 17.4 Å². The number of piperazine rings is 1. The molecule has 0 aliphatic carbocycles. The van der Waals surface area contributed by atoms with Crippen molar-refractivity contribution in [3.8, 4) is 5.75 Å². The van der Waals surface area contributed by atoms with Crippen LogP contribution in [0.5, 0.6) is 5.75 Å². The van der Waals surface area contributed by atoms with Crippen molar-refractivity contribution in [3.05, 3.63) is 54.0 Å². The van der Waals surface area contributed by atoms with Crippen LogP contribution in [0.2, 0.25) is 0 Å². The van der Waals surface area contributed by atoms with Crippen LogP contribution >= 0.6 is 0 Å². The van der Waals surface area contributed by atoms with Crippen LogP contribution in [0.15, 0.2) is 42.6 Å². The van der Waals surface area contributed by atoms with Gasteiger partial charge in [-0.1, -0.05) is 26.0 Å². The van der Waals surface area contributed by atoms with E-state index in [2.05, 4.69) is 14.8 Å². The zero-order valence-corrected chi connectivity index (χ0v) is 17.1. The van der Waals surface area contributed by atoms with Crippen LogP contribution in [0.25, 0.3) is 0 Å². The second kappa shape index (κ2) is 9.69. The van der Waals surface area contributed by atoms with Crippen LogP contribution < -0.4 is 4.90 Å². The van der Waals surface area contributed by atoms with Crippen LogP contribution in [0.4, 0.5) is 10.2 Å². The first-order valence-electron chi connectivity index (χ1n) is 10.3. The SMILES string of the molecule is CC.O=C1C(N2CCN(c3ccc(O)cn3)CC2)CCN1Cc1ccc(F)cc1. The standard InChI is InChI=1S/C20H23FN4O2.C2H6/c21-16-3-1-15(2-4-16)14-25-8-7-18(20(25)27)23-9-11-24(12-10-23)19-6-5-17(26)13-22-19;1-2/h1-6,13,18,26H,7-12,14H2;1-2H3. The second-order valence-electron chi connectivity index (χ2n) is 7.09. The molecule has 0 spiro atoms. The fourth-order valence-electron chi connectivity index (χ4n) is 3.86. The van der Waals surface area contributed by atoms with Crippen LogP contribution in [0, 0.1) is 5.82 Å². The lowest BCUT2D eigenvalue weighted by atomic mass is 10.1. The van der Waals surface area contributed by atoms with Gasteiger partial charge >= 0.3 is 0 Å². The molecule has 0 bridgehead atoms. The lowest BCUT2D eigenvalue weighted by molar-refractivity contribution is -0.132. The summed E-state index contributed by atoms with van der Waals surface area (Å²) in [5.74, 6) is 0.916. The minimum absolute atomic E-state index is 0.0691. The van der Waals surface area contributed by atoms with E-state index in [9.17, 15) is 14.3 Å². The largest absolute Gasteiger partial charge is 0.506 e. The Kier molecular flexibility index (Phi) is 7.04. The van der Waals surface area contributed by atoms with Gasteiger partial charge in [0, 0.05) is 39.3 Å². The predicted molar refractivity (Wildman–Crippen MR) is 111 cm³/mol. The molecule has 4 rings (SSSR count). The van der Waals surface area contributed by atoms with Crippen LogP contribution in [0.1, 0.15) is 25.8 Å². The number of rotatable bonds is 4. The molecule has 1 N–H and O–H groups in total. The highest BCUT2D eigenvalue weighted by atomic mass is 19.1. The van der Waals surface area contributed by atoms with Gasteiger partial charge < -0.3 is 14.9 Å². The highest BCUT2D eigenvalue weighted by Crippen LogP contribution is 2.23. The second-order valence-corrected chi connectivity index (χ2v) is 7.09. The summed E-state index contributed by atoms with van der Waals surface area (Å²) in [5.41, 5.74) is 0.952. The summed E-state index contributed by atoms with van der Waals surface area (Å²) in [5, 5.41) is 9.36.